The molecular formula is C16H20FN2+. The summed E-state index contributed by atoms with van der Waals surface area (Å²) in [6.07, 6.45) is 5.12. The maximum atomic E-state index is 13.4. The smallest absolute Gasteiger partial charge is 0.262 e. The molecule has 0 saturated carbocycles. The molecule has 100 valence electrons. The Morgan fingerprint density at radius 2 is 1.79 bits per heavy atom. The normalized spacial score (nSPS) is 16.6. The van der Waals surface area contributed by atoms with E-state index in [4.69, 9.17) is 0 Å². The van der Waals surface area contributed by atoms with Crippen molar-refractivity contribution in [3.8, 4) is 0 Å². The molecule has 2 aromatic rings. The SMILES string of the molecule is Cc1cc(N2CCCCCC2)[nH+]c2cc(F)ccc12. The van der Waals surface area contributed by atoms with E-state index in [-0.39, 0.29) is 5.82 Å². The molecule has 1 saturated heterocycles. The summed E-state index contributed by atoms with van der Waals surface area (Å²) in [5.74, 6) is 0.939. The summed E-state index contributed by atoms with van der Waals surface area (Å²) in [4.78, 5) is 5.79. The molecule has 19 heavy (non-hydrogen) atoms. The summed E-state index contributed by atoms with van der Waals surface area (Å²) in [5, 5.41) is 1.10. The molecule has 1 fully saturated rings. The number of nitrogens with zero attached hydrogens (tertiary/aromatic N) is 1. The van der Waals surface area contributed by atoms with Gasteiger partial charge in [0.25, 0.3) is 5.82 Å². The highest BCUT2D eigenvalue weighted by molar-refractivity contribution is 5.80. The summed E-state index contributed by atoms with van der Waals surface area (Å²) < 4.78 is 13.4. The third-order valence-corrected chi connectivity index (χ3v) is 3.97. The van der Waals surface area contributed by atoms with Crippen molar-refractivity contribution in [2.24, 2.45) is 0 Å². The topological polar surface area (TPSA) is 17.4 Å². The summed E-state index contributed by atoms with van der Waals surface area (Å²) in [7, 11) is 0. The van der Waals surface area contributed by atoms with Gasteiger partial charge in [-0.3, -0.25) is 4.90 Å². The van der Waals surface area contributed by atoms with Crippen LogP contribution in [0.4, 0.5) is 10.2 Å². The zero-order valence-electron chi connectivity index (χ0n) is 11.4. The van der Waals surface area contributed by atoms with E-state index in [9.17, 15) is 4.39 Å². The van der Waals surface area contributed by atoms with Gasteiger partial charge in [-0.1, -0.05) is 0 Å². The van der Waals surface area contributed by atoms with Crippen LogP contribution in [0.15, 0.2) is 24.3 Å². The molecule has 0 radical (unpaired) electrons. The average molecular weight is 259 g/mol. The molecule has 0 bridgehead atoms. The first-order valence-corrected chi connectivity index (χ1v) is 7.11. The van der Waals surface area contributed by atoms with Gasteiger partial charge in [-0.05, 0) is 50.3 Å². The Hall–Kier alpha value is -1.64. The molecule has 1 N–H and O–H groups in total. The Kier molecular flexibility index (Phi) is 3.36. The Labute approximate surface area is 113 Å². The first-order chi connectivity index (χ1) is 9.24. The summed E-state index contributed by atoms with van der Waals surface area (Å²) in [5.41, 5.74) is 2.09. The highest BCUT2D eigenvalue weighted by Gasteiger charge is 2.19. The van der Waals surface area contributed by atoms with Crippen molar-refractivity contribution >= 4 is 16.7 Å². The second-order valence-electron chi connectivity index (χ2n) is 5.43. The van der Waals surface area contributed by atoms with Gasteiger partial charge in [0.1, 0.15) is 11.3 Å². The molecule has 2 nitrogen and oxygen atoms in total. The minimum absolute atomic E-state index is 0.184. The van der Waals surface area contributed by atoms with Crippen LogP contribution < -0.4 is 9.88 Å². The van der Waals surface area contributed by atoms with Gasteiger partial charge < -0.3 is 0 Å². The van der Waals surface area contributed by atoms with Crippen molar-refractivity contribution < 1.29 is 9.37 Å². The zero-order chi connectivity index (χ0) is 13.2. The monoisotopic (exact) mass is 259 g/mol. The number of nitrogens with one attached hydrogen (secondary N) is 1. The molecule has 2 heterocycles. The Morgan fingerprint density at radius 3 is 2.53 bits per heavy atom. The van der Waals surface area contributed by atoms with Crippen molar-refractivity contribution in [2.45, 2.75) is 32.6 Å². The van der Waals surface area contributed by atoms with Crippen LogP contribution in [-0.4, -0.2) is 13.1 Å². The number of hydrogen-bond acceptors (Lipinski definition) is 1. The molecular weight excluding hydrogens is 239 g/mol. The summed E-state index contributed by atoms with van der Waals surface area (Å²) in [6.45, 7) is 4.28. The fourth-order valence-electron chi connectivity index (χ4n) is 2.90. The number of benzene rings is 1. The maximum absolute atomic E-state index is 13.4. The van der Waals surface area contributed by atoms with E-state index in [1.165, 1.54) is 37.3 Å². The Morgan fingerprint density at radius 1 is 1.05 bits per heavy atom. The molecule has 1 aliphatic heterocycles. The van der Waals surface area contributed by atoms with Gasteiger partial charge in [0.05, 0.1) is 13.1 Å². The van der Waals surface area contributed by atoms with Crippen LogP contribution in [0.25, 0.3) is 10.9 Å². The lowest BCUT2D eigenvalue weighted by molar-refractivity contribution is -0.330. The maximum Gasteiger partial charge on any atom is 0.275 e. The standard InChI is InChI=1S/C16H19FN2/c1-12-10-16(19-8-4-2-3-5-9-19)18-15-11-13(17)6-7-14(12)15/h6-7,10-11H,2-5,8-9H2,1H3/p+1. The number of aromatic nitrogens is 1. The van der Waals surface area contributed by atoms with Crippen molar-refractivity contribution in [1.29, 1.82) is 0 Å². The fourth-order valence-corrected chi connectivity index (χ4v) is 2.90. The van der Waals surface area contributed by atoms with Crippen LogP contribution in [0, 0.1) is 12.7 Å². The second-order valence-corrected chi connectivity index (χ2v) is 5.43. The number of fused-ring (bicyclic) bond motifs is 1. The molecule has 0 aliphatic carbocycles. The van der Waals surface area contributed by atoms with Crippen LogP contribution in [0.5, 0.6) is 0 Å². The first kappa shape index (κ1) is 12.4. The van der Waals surface area contributed by atoms with Crippen molar-refractivity contribution in [3.05, 3.63) is 35.6 Å². The highest BCUT2D eigenvalue weighted by atomic mass is 19.1. The molecule has 0 amide bonds. The lowest BCUT2D eigenvalue weighted by Crippen LogP contribution is -2.30. The molecule has 0 unspecified atom stereocenters. The minimum atomic E-state index is -0.184. The number of H-pyrrole nitrogens is 1. The van der Waals surface area contributed by atoms with E-state index in [0.717, 1.165) is 29.8 Å². The number of anilines is 1. The number of rotatable bonds is 1. The van der Waals surface area contributed by atoms with Crippen LogP contribution in [-0.2, 0) is 0 Å². The van der Waals surface area contributed by atoms with Crippen LogP contribution in [0.3, 0.4) is 0 Å². The lowest BCUT2D eigenvalue weighted by atomic mass is 10.1. The van der Waals surface area contributed by atoms with Crippen molar-refractivity contribution in [1.82, 2.24) is 0 Å². The quantitative estimate of drug-likeness (QED) is 0.766. The van der Waals surface area contributed by atoms with E-state index in [2.05, 4.69) is 22.9 Å². The van der Waals surface area contributed by atoms with Gasteiger partial charge in [-0.25, -0.2) is 9.37 Å². The van der Waals surface area contributed by atoms with E-state index >= 15 is 0 Å². The van der Waals surface area contributed by atoms with E-state index in [1.54, 1.807) is 6.07 Å². The largest absolute Gasteiger partial charge is 0.275 e. The van der Waals surface area contributed by atoms with Gasteiger partial charge in [-0.15, -0.1) is 0 Å². The highest BCUT2D eigenvalue weighted by Crippen LogP contribution is 2.21. The van der Waals surface area contributed by atoms with Crippen molar-refractivity contribution in [2.75, 3.05) is 18.0 Å². The Bertz CT molecular complexity index is 587. The molecule has 0 spiro atoms. The fraction of sp³-hybridized carbons (Fsp3) is 0.438. The third-order valence-electron chi connectivity index (χ3n) is 3.97. The van der Waals surface area contributed by atoms with Crippen LogP contribution in [0.1, 0.15) is 31.2 Å². The lowest BCUT2D eigenvalue weighted by Gasteiger charge is -2.15. The van der Waals surface area contributed by atoms with Gasteiger partial charge in [0, 0.05) is 17.5 Å². The van der Waals surface area contributed by atoms with Crippen LogP contribution >= 0.6 is 0 Å². The average Bonchev–Trinajstić information content (AvgIpc) is 2.66. The van der Waals surface area contributed by atoms with E-state index < -0.39 is 0 Å². The molecule has 3 rings (SSSR count). The third kappa shape index (κ3) is 2.55. The second kappa shape index (κ2) is 5.16. The first-order valence-electron chi connectivity index (χ1n) is 7.11. The Balaban J connectivity index is 2.03. The predicted molar refractivity (Wildman–Crippen MR) is 75.9 cm³/mol. The number of pyridine rings is 1. The van der Waals surface area contributed by atoms with Gasteiger partial charge in [0.15, 0.2) is 0 Å². The van der Waals surface area contributed by atoms with Gasteiger partial charge in [0.2, 0.25) is 0 Å². The summed E-state index contributed by atoms with van der Waals surface area (Å²) >= 11 is 0. The number of aryl methyl sites for hydroxylation is 1. The van der Waals surface area contributed by atoms with Crippen molar-refractivity contribution in [3.63, 3.8) is 0 Å². The molecule has 3 heteroatoms. The number of hydrogen-bond donors (Lipinski definition) is 0. The number of halogens is 1. The zero-order valence-corrected chi connectivity index (χ0v) is 11.4. The molecule has 1 aliphatic rings. The summed E-state index contributed by atoms with van der Waals surface area (Å²) in [6, 6.07) is 7.15. The predicted octanol–water partition coefficient (Wildman–Crippen LogP) is 3.48. The van der Waals surface area contributed by atoms with Gasteiger partial charge >= 0.3 is 0 Å². The van der Waals surface area contributed by atoms with Gasteiger partial charge in [-0.2, -0.15) is 0 Å². The van der Waals surface area contributed by atoms with E-state index in [1.807, 2.05) is 6.07 Å². The minimum Gasteiger partial charge on any atom is -0.262 e. The molecule has 1 aromatic carbocycles. The molecule has 0 atom stereocenters. The van der Waals surface area contributed by atoms with Crippen LogP contribution in [0.2, 0.25) is 0 Å². The molecule has 1 aromatic heterocycles. The van der Waals surface area contributed by atoms with E-state index in [0.29, 0.717) is 0 Å². The number of aromatic amines is 1.